The summed E-state index contributed by atoms with van der Waals surface area (Å²) < 4.78 is 23.6. The van der Waals surface area contributed by atoms with Crippen molar-refractivity contribution in [2.45, 2.75) is 70.4 Å². The number of nitrogen functional groups attached to an aromatic ring is 2. The molecule has 1 saturated heterocycles. The van der Waals surface area contributed by atoms with Gasteiger partial charge in [-0.2, -0.15) is 0 Å². The van der Waals surface area contributed by atoms with E-state index in [1.807, 2.05) is 12.1 Å². The monoisotopic (exact) mass is 572 g/mol. The summed E-state index contributed by atoms with van der Waals surface area (Å²) >= 11 is 0. The van der Waals surface area contributed by atoms with Crippen molar-refractivity contribution in [3.8, 4) is 22.8 Å². The number of aromatic nitrogens is 2. The molecule has 0 aliphatic carbocycles. The van der Waals surface area contributed by atoms with Crippen LogP contribution in [0.2, 0.25) is 0 Å². The van der Waals surface area contributed by atoms with Crippen molar-refractivity contribution in [2.24, 2.45) is 0 Å². The van der Waals surface area contributed by atoms with Gasteiger partial charge in [-0.1, -0.05) is 0 Å². The number of benzene rings is 1. The van der Waals surface area contributed by atoms with Gasteiger partial charge in [0.2, 0.25) is 0 Å². The second kappa shape index (κ2) is 9.73. The summed E-state index contributed by atoms with van der Waals surface area (Å²) in [6, 6.07) is 10.2. The van der Waals surface area contributed by atoms with E-state index in [1.165, 1.54) is 6.07 Å². The predicted octanol–water partition coefficient (Wildman–Crippen LogP) is 3.84. The highest BCUT2D eigenvalue weighted by Gasteiger charge is 2.60. The van der Waals surface area contributed by atoms with E-state index in [2.05, 4.69) is 9.97 Å². The zero-order valence-electron chi connectivity index (χ0n) is 23.8. The van der Waals surface area contributed by atoms with Gasteiger partial charge in [0.25, 0.3) is 0 Å². The molecule has 0 spiro atoms. The molecule has 0 radical (unpaired) electrons. The van der Waals surface area contributed by atoms with E-state index >= 15 is 0 Å². The zero-order chi connectivity index (χ0) is 30.0. The van der Waals surface area contributed by atoms with Crippen LogP contribution in [0.5, 0.6) is 11.5 Å². The lowest BCUT2D eigenvalue weighted by Crippen LogP contribution is -2.50. The van der Waals surface area contributed by atoms with Gasteiger partial charge in [0.05, 0.1) is 11.8 Å². The number of fused-ring (bicyclic) bond motifs is 2. The molecule has 2 aliphatic rings. The number of ether oxygens (including phenoxy) is 3. The average Bonchev–Trinajstić information content (AvgIpc) is 3.58. The summed E-state index contributed by atoms with van der Waals surface area (Å²) in [7, 11) is 0. The number of pyridine rings is 2. The van der Waals surface area contributed by atoms with Gasteiger partial charge in [0, 0.05) is 35.9 Å². The number of carbonyl (C=O) groups is 1. The minimum absolute atomic E-state index is 0.0672. The highest BCUT2D eigenvalue weighted by atomic mass is 16.7. The molecule has 1 fully saturated rings. The van der Waals surface area contributed by atoms with Crippen molar-refractivity contribution in [1.82, 2.24) is 9.97 Å². The summed E-state index contributed by atoms with van der Waals surface area (Å²) in [6.45, 7) is 6.97. The third kappa shape index (κ3) is 4.89. The lowest BCUT2D eigenvalue weighted by atomic mass is 9.89. The number of phenolic OH excluding ortho intramolecular Hbond substituents is 1. The van der Waals surface area contributed by atoms with E-state index < -0.39 is 23.3 Å². The van der Waals surface area contributed by atoms with Crippen molar-refractivity contribution in [3.05, 3.63) is 69.7 Å². The predicted molar refractivity (Wildman–Crippen MR) is 155 cm³/mol. The van der Waals surface area contributed by atoms with Gasteiger partial charge < -0.3 is 35.2 Å². The fourth-order valence-corrected chi connectivity index (χ4v) is 5.52. The maximum Gasteiger partial charge on any atom is 0.341 e. The molecule has 11 heteroatoms. The third-order valence-corrected chi connectivity index (χ3v) is 7.99. The van der Waals surface area contributed by atoms with E-state index in [0.29, 0.717) is 47.2 Å². The van der Waals surface area contributed by atoms with Crippen molar-refractivity contribution in [3.63, 3.8) is 0 Å². The second-order valence-electron chi connectivity index (χ2n) is 11.6. The Bertz CT molecular complexity index is 1800. The quantitative estimate of drug-likeness (QED) is 0.226. The molecule has 6 rings (SSSR count). The molecule has 0 amide bonds. The fraction of sp³-hybridized carbons (Fsp3) is 0.355. The fourth-order valence-electron chi connectivity index (χ4n) is 5.52. The number of aryl methyl sites for hydroxylation is 2. The standard InChI is InChI=1S/C31H32N4O7/c1-15-9-20(36)27-22(39-15)14-21-18(28(27)37)13-24(30(2,3)41-21)40-29(38)31(4)23(42-31)6-5-16-10-19(35-26(33)11-16)17-7-8-34-25(32)12-17/h7-12,14,23-24,37H,5-6,13H2,1-4H3,(H2,32,34)(H2,33,35). The van der Waals surface area contributed by atoms with Crippen LogP contribution in [0.1, 0.15) is 44.1 Å². The number of hydrogen-bond donors (Lipinski definition) is 3. The highest BCUT2D eigenvalue weighted by molar-refractivity contribution is 5.87. The number of epoxide rings is 1. The molecule has 42 heavy (non-hydrogen) atoms. The molecular weight excluding hydrogens is 540 g/mol. The molecule has 3 atom stereocenters. The van der Waals surface area contributed by atoms with Crippen LogP contribution < -0.4 is 21.6 Å². The first-order valence-electron chi connectivity index (χ1n) is 13.7. The maximum atomic E-state index is 13.4. The summed E-state index contributed by atoms with van der Waals surface area (Å²) in [5.74, 6) is 0.815. The van der Waals surface area contributed by atoms with Crippen LogP contribution in [0.4, 0.5) is 11.6 Å². The zero-order valence-corrected chi connectivity index (χ0v) is 23.8. The number of nitrogens with zero attached hydrogens (tertiary/aromatic N) is 2. The number of carbonyl (C=O) groups excluding carboxylic acids is 1. The van der Waals surface area contributed by atoms with Crippen LogP contribution in [0.3, 0.4) is 0 Å². The molecule has 11 nitrogen and oxygen atoms in total. The van der Waals surface area contributed by atoms with Crippen molar-refractivity contribution in [1.29, 1.82) is 0 Å². The lowest BCUT2D eigenvalue weighted by molar-refractivity contribution is -0.166. The molecule has 5 heterocycles. The Morgan fingerprint density at radius 2 is 1.93 bits per heavy atom. The van der Waals surface area contributed by atoms with Gasteiger partial charge in [0.15, 0.2) is 11.0 Å². The van der Waals surface area contributed by atoms with Crippen molar-refractivity contribution in [2.75, 3.05) is 11.5 Å². The van der Waals surface area contributed by atoms with Crippen LogP contribution in [0.15, 0.2) is 51.8 Å². The summed E-state index contributed by atoms with van der Waals surface area (Å²) in [6.07, 6.45) is 1.83. The number of aromatic hydroxyl groups is 1. The Labute approximate surface area is 241 Å². The van der Waals surface area contributed by atoms with Crippen LogP contribution in [-0.2, 0) is 27.1 Å². The van der Waals surface area contributed by atoms with Crippen LogP contribution in [0, 0.1) is 6.92 Å². The Kier molecular flexibility index (Phi) is 6.38. The number of esters is 1. The molecule has 2 aliphatic heterocycles. The van der Waals surface area contributed by atoms with E-state index in [-0.39, 0.29) is 34.7 Å². The number of phenols is 1. The Balaban J connectivity index is 1.15. The summed E-state index contributed by atoms with van der Waals surface area (Å²) in [5, 5.41) is 11.0. The molecule has 0 saturated carbocycles. The molecular formula is C31H32N4O7. The first-order valence-corrected chi connectivity index (χ1v) is 13.7. The van der Waals surface area contributed by atoms with Gasteiger partial charge in [0.1, 0.15) is 51.6 Å². The van der Waals surface area contributed by atoms with E-state index in [9.17, 15) is 14.7 Å². The van der Waals surface area contributed by atoms with Gasteiger partial charge in [-0.05, 0) is 70.4 Å². The first kappa shape index (κ1) is 27.5. The Morgan fingerprint density at radius 1 is 1.14 bits per heavy atom. The molecule has 218 valence electrons. The van der Waals surface area contributed by atoms with Gasteiger partial charge in [-0.25, -0.2) is 14.8 Å². The Morgan fingerprint density at radius 3 is 2.69 bits per heavy atom. The number of nitrogens with two attached hydrogens (primary N) is 2. The molecule has 0 bridgehead atoms. The van der Waals surface area contributed by atoms with E-state index in [4.69, 9.17) is 30.1 Å². The smallest absolute Gasteiger partial charge is 0.341 e. The minimum atomic E-state index is -1.12. The molecule has 1 aromatic carbocycles. The average molecular weight is 573 g/mol. The van der Waals surface area contributed by atoms with Crippen molar-refractivity contribution < 1.29 is 28.5 Å². The maximum absolute atomic E-state index is 13.4. The van der Waals surface area contributed by atoms with E-state index in [0.717, 1.165) is 11.1 Å². The van der Waals surface area contributed by atoms with Gasteiger partial charge >= 0.3 is 5.97 Å². The number of hydrogen-bond acceptors (Lipinski definition) is 11. The normalized spacial score (nSPS) is 22.3. The summed E-state index contributed by atoms with van der Waals surface area (Å²) in [5.41, 5.74) is 12.5. The van der Waals surface area contributed by atoms with E-state index in [1.54, 1.807) is 52.1 Å². The number of anilines is 2. The van der Waals surface area contributed by atoms with Crippen LogP contribution >= 0.6 is 0 Å². The van der Waals surface area contributed by atoms with Gasteiger partial charge in [-0.3, -0.25) is 4.79 Å². The molecule has 3 aromatic heterocycles. The van der Waals surface area contributed by atoms with Gasteiger partial charge in [-0.15, -0.1) is 0 Å². The molecule has 4 aromatic rings. The SMILES string of the molecule is Cc1cc(=O)c2c(O)c3c(cc2o1)OC(C)(C)C(OC(=O)C1(C)OC1CCc1cc(N)nc(-c2ccnc(N)c2)c1)C3. The highest BCUT2D eigenvalue weighted by Crippen LogP contribution is 2.45. The Hall–Kier alpha value is -4.64. The lowest BCUT2D eigenvalue weighted by Gasteiger charge is -2.39. The number of rotatable bonds is 6. The molecule has 3 unspecified atom stereocenters. The van der Waals surface area contributed by atoms with Crippen LogP contribution in [0.25, 0.3) is 22.2 Å². The summed E-state index contributed by atoms with van der Waals surface area (Å²) in [4.78, 5) is 34.4. The first-order chi connectivity index (χ1) is 19.8. The third-order valence-electron chi connectivity index (χ3n) is 7.99. The largest absolute Gasteiger partial charge is 0.507 e. The van der Waals surface area contributed by atoms with Crippen molar-refractivity contribution >= 4 is 28.6 Å². The molecule has 5 N–H and O–H groups in total. The minimum Gasteiger partial charge on any atom is -0.507 e. The van der Waals surface area contributed by atoms with Crippen LogP contribution in [-0.4, -0.2) is 44.5 Å². The second-order valence-corrected chi connectivity index (χ2v) is 11.6. The topological polar surface area (TPSA) is 176 Å².